The summed E-state index contributed by atoms with van der Waals surface area (Å²) in [6, 6.07) is 15.0. The van der Waals surface area contributed by atoms with Crippen molar-refractivity contribution in [3.63, 3.8) is 0 Å². The van der Waals surface area contributed by atoms with Crippen molar-refractivity contribution >= 4 is 21.6 Å². The van der Waals surface area contributed by atoms with Gasteiger partial charge in [0.15, 0.2) is 0 Å². The number of hydrogen-bond donors (Lipinski definition) is 1. The van der Waals surface area contributed by atoms with Crippen LogP contribution in [0.5, 0.6) is 0 Å². The van der Waals surface area contributed by atoms with Gasteiger partial charge in [0.05, 0.1) is 10.6 Å². The standard InChI is InChI=1S/C16H12ClF2N3O2S/c17-12-8-6-11(7-9-12)15-10-14(16(18)19)20-22(15)21-25(23,24)13-4-2-1-3-5-13/h1-10,16,21H. The van der Waals surface area contributed by atoms with Crippen molar-refractivity contribution in [1.82, 2.24) is 9.89 Å². The fraction of sp³-hybridized carbons (Fsp3) is 0.0625. The van der Waals surface area contributed by atoms with Crippen LogP contribution in [0.2, 0.25) is 5.02 Å². The second kappa shape index (κ2) is 6.81. The van der Waals surface area contributed by atoms with Crippen LogP contribution in [0.25, 0.3) is 11.3 Å². The van der Waals surface area contributed by atoms with Crippen molar-refractivity contribution in [1.29, 1.82) is 0 Å². The van der Waals surface area contributed by atoms with Gasteiger partial charge in [-0.05, 0) is 30.3 Å². The molecule has 0 saturated heterocycles. The molecular formula is C16H12ClF2N3O2S. The molecule has 5 nitrogen and oxygen atoms in total. The summed E-state index contributed by atoms with van der Waals surface area (Å²) in [7, 11) is -3.98. The Morgan fingerprint density at radius 1 is 1.04 bits per heavy atom. The molecule has 0 fully saturated rings. The SMILES string of the molecule is O=S(=O)(Nn1nc(C(F)F)cc1-c1ccc(Cl)cc1)c1ccccc1. The van der Waals surface area contributed by atoms with Crippen molar-refractivity contribution in [2.45, 2.75) is 11.3 Å². The highest BCUT2D eigenvalue weighted by Crippen LogP contribution is 2.26. The third-order valence-corrected chi connectivity index (χ3v) is 4.91. The molecule has 1 aromatic heterocycles. The zero-order valence-electron chi connectivity index (χ0n) is 12.6. The first-order valence-corrected chi connectivity index (χ1v) is 8.95. The topological polar surface area (TPSA) is 64.0 Å². The average molecular weight is 384 g/mol. The lowest BCUT2D eigenvalue weighted by Crippen LogP contribution is -2.25. The minimum Gasteiger partial charge on any atom is -0.203 e. The summed E-state index contributed by atoms with van der Waals surface area (Å²) in [6.45, 7) is 0. The lowest BCUT2D eigenvalue weighted by Gasteiger charge is -2.11. The van der Waals surface area contributed by atoms with Gasteiger partial charge in [0, 0.05) is 10.6 Å². The molecule has 0 amide bonds. The molecular weight excluding hydrogens is 372 g/mol. The van der Waals surface area contributed by atoms with Crippen LogP contribution in [0.1, 0.15) is 12.1 Å². The second-order valence-electron chi connectivity index (χ2n) is 5.08. The first kappa shape index (κ1) is 17.4. The van der Waals surface area contributed by atoms with Gasteiger partial charge in [-0.1, -0.05) is 41.9 Å². The Hall–Kier alpha value is -2.45. The predicted molar refractivity (Wildman–Crippen MR) is 90.6 cm³/mol. The normalized spacial score (nSPS) is 11.7. The molecule has 3 rings (SSSR count). The summed E-state index contributed by atoms with van der Waals surface area (Å²) in [6.07, 6.45) is -2.84. The Morgan fingerprint density at radius 3 is 2.28 bits per heavy atom. The summed E-state index contributed by atoms with van der Waals surface area (Å²) < 4.78 is 50.9. The fourth-order valence-corrected chi connectivity index (χ4v) is 3.28. The number of alkyl halides is 2. The summed E-state index contributed by atoms with van der Waals surface area (Å²) in [4.78, 5) is 3.02. The third-order valence-electron chi connectivity index (χ3n) is 3.35. The van der Waals surface area contributed by atoms with Gasteiger partial charge in [-0.15, -0.1) is 0 Å². The lowest BCUT2D eigenvalue weighted by atomic mass is 10.1. The number of nitrogens with one attached hydrogen (secondary N) is 1. The highest BCUT2D eigenvalue weighted by molar-refractivity contribution is 7.92. The van der Waals surface area contributed by atoms with Crippen LogP contribution in [-0.2, 0) is 10.0 Å². The quantitative estimate of drug-likeness (QED) is 0.722. The first-order chi connectivity index (χ1) is 11.9. The molecule has 0 saturated carbocycles. The van der Waals surface area contributed by atoms with Gasteiger partial charge in [-0.2, -0.15) is 23.1 Å². The largest absolute Gasteiger partial charge is 0.282 e. The molecule has 0 aliphatic heterocycles. The highest BCUT2D eigenvalue weighted by atomic mass is 35.5. The average Bonchev–Trinajstić information content (AvgIpc) is 3.00. The highest BCUT2D eigenvalue weighted by Gasteiger charge is 2.21. The van der Waals surface area contributed by atoms with E-state index in [1.807, 2.05) is 0 Å². The number of aromatic nitrogens is 2. The van der Waals surface area contributed by atoms with E-state index in [9.17, 15) is 17.2 Å². The van der Waals surface area contributed by atoms with Gasteiger partial charge >= 0.3 is 0 Å². The molecule has 130 valence electrons. The van der Waals surface area contributed by atoms with Crippen LogP contribution >= 0.6 is 11.6 Å². The summed E-state index contributed by atoms with van der Waals surface area (Å²) in [5.41, 5.74) is 0.117. The van der Waals surface area contributed by atoms with E-state index in [4.69, 9.17) is 11.6 Å². The van der Waals surface area contributed by atoms with Crippen LogP contribution in [0, 0.1) is 0 Å². The molecule has 2 aromatic carbocycles. The fourth-order valence-electron chi connectivity index (χ4n) is 2.17. The molecule has 0 atom stereocenters. The number of nitrogens with zero attached hydrogens (tertiary/aromatic N) is 2. The van der Waals surface area contributed by atoms with Crippen LogP contribution < -0.4 is 4.83 Å². The smallest absolute Gasteiger partial charge is 0.203 e. The summed E-state index contributed by atoms with van der Waals surface area (Å²) >= 11 is 5.83. The number of rotatable bonds is 5. The van der Waals surface area contributed by atoms with E-state index in [1.54, 1.807) is 42.5 Å². The van der Waals surface area contributed by atoms with E-state index >= 15 is 0 Å². The Morgan fingerprint density at radius 2 is 1.68 bits per heavy atom. The molecule has 1 heterocycles. The Balaban J connectivity index is 2.05. The van der Waals surface area contributed by atoms with Gasteiger partial charge in [-0.25, -0.2) is 8.78 Å². The van der Waals surface area contributed by atoms with Crippen LogP contribution in [0.4, 0.5) is 8.78 Å². The number of hydrogen-bond acceptors (Lipinski definition) is 3. The van der Waals surface area contributed by atoms with Crippen molar-refractivity contribution in [2.24, 2.45) is 0 Å². The predicted octanol–water partition coefficient (Wildman–Crippen LogP) is 4.07. The van der Waals surface area contributed by atoms with Crippen molar-refractivity contribution < 1.29 is 17.2 Å². The first-order valence-electron chi connectivity index (χ1n) is 7.09. The van der Waals surface area contributed by atoms with E-state index in [1.165, 1.54) is 12.1 Å². The minimum absolute atomic E-state index is 0.00819. The number of sulfonamides is 1. The molecule has 9 heteroatoms. The number of benzene rings is 2. The van der Waals surface area contributed by atoms with Crippen LogP contribution in [-0.4, -0.2) is 18.3 Å². The molecule has 25 heavy (non-hydrogen) atoms. The zero-order chi connectivity index (χ0) is 18.0. The maximum Gasteiger partial charge on any atom is 0.282 e. The van der Waals surface area contributed by atoms with Gasteiger partial charge in [-0.3, -0.25) is 0 Å². The van der Waals surface area contributed by atoms with E-state index in [0.717, 1.165) is 10.9 Å². The lowest BCUT2D eigenvalue weighted by molar-refractivity contribution is 0.145. The van der Waals surface area contributed by atoms with Crippen LogP contribution in [0.3, 0.4) is 0 Å². The Kier molecular flexibility index (Phi) is 4.73. The number of halogens is 3. The van der Waals surface area contributed by atoms with Gasteiger partial charge in [0.1, 0.15) is 5.69 Å². The third kappa shape index (κ3) is 3.80. The van der Waals surface area contributed by atoms with Crippen LogP contribution in [0.15, 0.2) is 65.6 Å². The molecule has 0 spiro atoms. The molecule has 0 unspecified atom stereocenters. The van der Waals surface area contributed by atoms with Gasteiger partial charge in [0.2, 0.25) is 0 Å². The molecule has 0 aliphatic carbocycles. The van der Waals surface area contributed by atoms with Gasteiger partial charge < -0.3 is 0 Å². The van der Waals surface area contributed by atoms with Crippen molar-refractivity contribution in [2.75, 3.05) is 4.83 Å². The zero-order valence-corrected chi connectivity index (χ0v) is 14.2. The van der Waals surface area contributed by atoms with E-state index in [2.05, 4.69) is 9.93 Å². The second-order valence-corrected chi connectivity index (χ2v) is 7.18. The van der Waals surface area contributed by atoms with Crippen molar-refractivity contribution in [3.8, 4) is 11.3 Å². The maximum atomic E-state index is 13.0. The molecule has 0 bridgehead atoms. The Labute approximate surface area is 147 Å². The summed E-state index contributed by atoms with van der Waals surface area (Å²) in [5, 5.41) is 4.13. The van der Waals surface area contributed by atoms with Gasteiger partial charge in [0.25, 0.3) is 16.4 Å². The maximum absolute atomic E-state index is 13.0. The monoisotopic (exact) mass is 383 g/mol. The Bertz CT molecular complexity index is 974. The molecule has 0 aliphatic rings. The van der Waals surface area contributed by atoms with Crippen molar-refractivity contribution in [3.05, 3.63) is 71.4 Å². The van der Waals surface area contributed by atoms with E-state index in [-0.39, 0.29) is 10.6 Å². The molecule has 1 N–H and O–H groups in total. The minimum atomic E-state index is -3.98. The van der Waals surface area contributed by atoms with E-state index in [0.29, 0.717) is 10.6 Å². The summed E-state index contributed by atoms with van der Waals surface area (Å²) in [5.74, 6) is 0. The van der Waals surface area contributed by atoms with E-state index < -0.39 is 22.1 Å². The molecule has 0 radical (unpaired) electrons. The molecule has 3 aromatic rings.